The number of hydrogen-bond acceptors (Lipinski definition) is 4. The van der Waals surface area contributed by atoms with E-state index in [9.17, 15) is 4.79 Å². The van der Waals surface area contributed by atoms with Gasteiger partial charge in [-0.2, -0.15) is 0 Å². The molecule has 0 bridgehead atoms. The average Bonchev–Trinajstić information content (AvgIpc) is 3.07. The second kappa shape index (κ2) is 6.97. The summed E-state index contributed by atoms with van der Waals surface area (Å²) in [6, 6.07) is 8.80. The van der Waals surface area contributed by atoms with Crippen molar-refractivity contribution in [3.8, 4) is 11.1 Å². The number of aromatic nitrogens is 2. The monoisotopic (exact) mass is 367 g/mol. The first-order chi connectivity index (χ1) is 12.6. The molecular formula is C21H25N3OS. The Balaban J connectivity index is 1.84. The Morgan fingerprint density at radius 2 is 1.88 bits per heavy atom. The number of fused-ring (bicyclic) bond motifs is 1. The maximum absolute atomic E-state index is 13.4. The van der Waals surface area contributed by atoms with Crippen LogP contribution in [0.3, 0.4) is 0 Å². The Bertz CT molecular complexity index is 979. The third-order valence-electron chi connectivity index (χ3n) is 5.54. The van der Waals surface area contributed by atoms with Crippen LogP contribution < -0.4 is 5.56 Å². The lowest BCUT2D eigenvalue weighted by atomic mass is 10.0. The first-order valence-electron chi connectivity index (χ1n) is 9.36. The van der Waals surface area contributed by atoms with Gasteiger partial charge in [-0.3, -0.25) is 9.36 Å². The van der Waals surface area contributed by atoms with Gasteiger partial charge >= 0.3 is 0 Å². The Labute approximate surface area is 158 Å². The van der Waals surface area contributed by atoms with Crippen molar-refractivity contribution in [2.75, 3.05) is 20.1 Å². The van der Waals surface area contributed by atoms with Crippen molar-refractivity contribution in [1.29, 1.82) is 0 Å². The molecule has 0 radical (unpaired) electrons. The van der Waals surface area contributed by atoms with E-state index in [1.165, 1.54) is 5.56 Å². The zero-order valence-electron chi connectivity index (χ0n) is 15.7. The smallest absolute Gasteiger partial charge is 0.263 e. The molecule has 2 aromatic heterocycles. The van der Waals surface area contributed by atoms with Crippen LogP contribution in [0.2, 0.25) is 0 Å². The van der Waals surface area contributed by atoms with Crippen molar-refractivity contribution in [2.24, 2.45) is 0 Å². The van der Waals surface area contributed by atoms with Gasteiger partial charge in [0, 0.05) is 17.0 Å². The summed E-state index contributed by atoms with van der Waals surface area (Å²) in [5.41, 5.74) is 3.56. The lowest BCUT2D eigenvalue weighted by Gasteiger charge is -2.31. The van der Waals surface area contributed by atoms with E-state index in [1.807, 2.05) is 11.5 Å². The van der Waals surface area contributed by atoms with Gasteiger partial charge in [-0.1, -0.05) is 31.2 Å². The van der Waals surface area contributed by atoms with E-state index in [0.29, 0.717) is 0 Å². The van der Waals surface area contributed by atoms with E-state index in [4.69, 9.17) is 4.98 Å². The van der Waals surface area contributed by atoms with Crippen molar-refractivity contribution in [1.82, 2.24) is 14.5 Å². The fraction of sp³-hybridized carbons (Fsp3) is 0.429. The van der Waals surface area contributed by atoms with Crippen LogP contribution in [-0.4, -0.2) is 34.6 Å². The Hall–Kier alpha value is -1.98. The molecule has 3 heterocycles. The molecule has 4 rings (SSSR count). The summed E-state index contributed by atoms with van der Waals surface area (Å²) in [5, 5.41) is 2.86. The van der Waals surface area contributed by atoms with E-state index < -0.39 is 0 Å². The van der Waals surface area contributed by atoms with Gasteiger partial charge in [0.25, 0.3) is 5.56 Å². The molecule has 0 N–H and O–H groups in total. The highest BCUT2D eigenvalue weighted by molar-refractivity contribution is 7.17. The molecule has 0 spiro atoms. The highest BCUT2D eigenvalue weighted by atomic mass is 32.1. The van der Waals surface area contributed by atoms with E-state index in [1.54, 1.807) is 11.3 Å². The Kier molecular flexibility index (Phi) is 4.67. The van der Waals surface area contributed by atoms with Gasteiger partial charge in [0.15, 0.2) is 0 Å². The SMILES string of the molecule is CCc1ccc(-c2csc3nc(C)n(C4CCN(C)CC4)c(=O)c23)cc1. The predicted molar refractivity (Wildman–Crippen MR) is 109 cm³/mol. The standard InChI is InChI=1S/C21H25N3OS/c1-4-15-5-7-16(8-6-15)18-13-26-20-19(18)21(25)24(14(2)22-20)17-9-11-23(3)12-10-17/h5-8,13,17H,4,9-12H2,1-3H3. The minimum atomic E-state index is 0.123. The lowest BCUT2D eigenvalue weighted by Crippen LogP contribution is -2.36. The van der Waals surface area contributed by atoms with Crippen molar-refractivity contribution >= 4 is 21.6 Å². The van der Waals surface area contributed by atoms with Crippen LogP contribution in [0.5, 0.6) is 0 Å². The average molecular weight is 368 g/mol. The van der Waals surface area contributed by atoms with Gasteiger partial charge in [-0.15, -0.1) is 11.3 Å². The summed E-state index contributed by atoms with van der Waals surface area (Å²) in [7, 11) is 2.14. The van der Waals surface area contributed by atoms with Gasteiger partial charge in [0.1, 0.15) is 10.7 Å². The molecule has 26 heavy (non-hydrogen) atoms. The maximum Gasteiger partial charge on any atom is 0.263 e. The normalized spacial score (nSPS) is 16.4. The van der Waals surface area contributed by atoms with E-state index in [0.717, 1.165) is 59.5 Å². The zero-order chi connectivity index (χ0) is 18.3. The minimum absolute atomic E-state index is 0.123. The Morgan fingerprint density at radius 3 is 2.54 bits per heavy atom. The molecule has 0 aliphatic carbocycles. The van der Waals surface area contributed by atoms with Crippen molar-refractivity contribution in [3.05, 3.63) is 51.4 Å². The van der Waals surface area contributed by atoms with Crippen LogP contribution >= 0.6 is 11.3 Å². The second-order valence-corrected chi connectivity index (χ2v) is 8.11. The number of likely N-dealkylation sites (tertiary alicyclic amines) is 1. The number of thiophene rings is 1. The van der Waals surface area contributed by atoms with E-state index in [-0.39, 0.29) is 11.6 Å². The summed E-state index contributed by atoms with van der Waals surface area (Å²) in [5.74, 6) is 0.840. The molecule has 136 valence electrons. The largest absolute Gasteiger partial charge is 0.306 e. The molecular weight excluding hydrogens is 342 g/mol. The summed E-state index contributed by atoms with van der Waals surface area (Å²) in [6.45, 7) is 6.18. The zero-order valence-corrected chi connectivity index (χ0v) is 16.5. The maximum atomic E-state index is 13.4. The molecule has 0 saturated carbocycles. The topological polar surface area (TPSA) is 38.1 Å². The fourth-order valence-electron chi connectivity index (χ4n) is 3.92. The minimum Gasteiger partial charge on any atom is -0.306 e. The van der Waals surface area contributed by atoms with Crippen LogP contribution in [0.25, 0.3) is 21.3 Å². The second-order valence-electron chi connectivity index (χ2n) is 7.25. The number of piperidine rings is 1. The molecule has 1 aliphatic rings. The van der Waals surface area contributed by atoms with Gasteiger partial charge in [-0.25, -0.2) is 4.98 Å². The van der Waals surface area contributed by atoms with Crippen molar-refractivity contribution < 1.29 is 0 Å². The van der Waals surface area contributed by atoms with Crippen LogP contribution in [0.15, 0.2) is 34.4 Å². The van der Waals surface area contributed by atoms with E-state index in [2.05, 4.69) is 48.5 Å². The Morgan fingerprint density at radius 1 is 1.19 bits per heavy atom. The molecule has 0 amide bonds. The van der Waals surface area contributed by atoms with Crippen molar-refractivity contribution in [3.63, 3.8) is 0 Å². The summed E-state index contributed by atoms with van der Waals surface area (Å²) in [6.07, 6.45) is 3.04. The molecule has 4 nitrogen and oxygen atoms in total. The molecule has 1 fully saturated rings. The van der Waals surface area contributed by atoms with Crippen molar-refractivity contribution in [2.45, 2.75) is 39.2 Å². The van der Waals surface area contributed by atoms with E-state index >= 15 is 0 Å². The highest BCUT2D eigenvalue weighted by Gasteiger charge is 2.23. The van der Waals surface area contributed by atoms with Crippen LogP contribution in [0.1, 0.15) is 37.2 Å². The molecule has 5 heteroatoms. The third kappa shape index (κ3) is 2.99. The number of rotatable bonds is 3. The molecule has 3 aromatic rings. The molecule has 0 atom stereocenters. The molecule has 0 unspecified atom stereocenters. The number of hydrogen-bond donors (Lipinski definition) is 0. The summed E-state index contributed by atoms with van der Waals surface area (Å²) >= 11 is 1.57. The number of aryl methyl sites for hydroxylation is 2. The molecule has 1 saturated heterocycles. The highest BCUT2D eigenvalue weighted by Crippen LogP contribution is 2.32. The number of benzene rings is 1. The van der Waals surface area contributed by atoms with Gasteiger partial charge in [0.05, 0.1) is 5.39 Å². The quantitative estimate of drug-likeness (QED) is 0.694. The summed E-state index contributed by atoms with van der Waals surface area (Å²) in [4.78, 5) is 21.4. The van der Waals surface area contributed by atoms with Gasteiger partial charge in [0.2, 0.25) is 0 Å². The third-order valence-corrected chi connectivity index (χ3v) is 6.41. The number of nitrogens with zero attached hydrogens (tertiary/aromatic N) is 3. The fourth-order valence-corrected chi connectivity index (χ4v) is 4.90. The van der Waals surface area contributed by atoms with Gasteiger partial charge in [-0.05, 0) is 57.5 Å². The van der Waals surface area contributed by atoms with Crippen LogP contribution in [-0.2, 0) is 6.42 Å². The van der Waals surface area contributed by atoms with Crippen LogP contribution in [0, 0.1) is 6.92 Å². The van der Waals surface area contributed by atoms with Crippen LogP contribution in [0.4, 0.5) is 0 Å². The lowest BCUT2D eigenvalue weighted by molar-refractivity contribution is 0.216. The summed E-state index contributed by atoms with van der Waals surface area (Å²) < 4.78 is 1.95. The predicted octanol–water partition coefficient (Wildman–Crippen LogP) is 4.26. The first-order valence-corrected chi connectivity index (χ1v) is 10.2. The first kappa shape index (κ1) is 17.4. The molecule has 1 aromatic carbocycles. The van der Waals surface area contributed by atoms with Gasteiger partial charge < -0.3 is 4.90 Å². The molecule has 1 aliphatic heterocycles.